The summed E-state index contributed by atoms with van der Waals surface area (Å²) in [6.07, 6.45) is 2.60. The van der Waals surface area contributed by atoms with E-state index in [2.05, 4.69) is 18.0 Å². The van der Waals surface area contributed by atoms with Gasteiger partial charge in [-0.05, 0) is 73.0 Å². The van der Waals surface area contributed by atoms with Crippen molar-refractivity contribution >= 4 is 39.1 Å². The van der Waals surface area contributed by atoms with Crippen LogP contribution in [0.5, 0.6) is 11.5 Å². The molecule has 5 rings (SSSR count). The van der Waals surface area contributed by atoms with Gasteiger partial charge in [-0.3, -0.25) is 15.2 Å². The number of hydrogen-bond acceptors (Lipinski definition) is 8. The molecule has 5 aromatic rings. The van der Waals surface area contributed by atoms with Crippen LogP contribution >= 0.6 is 11.3 Å². The number of anilines is 1. The zero-order valence-electron chi connectivity index (χ0n) is 19.8. The number of thiazole rings is 1. The van der Waals surface area contributed by atoms with Crippen LogP contribution in [0.1, 0.15) is 23.6 Å². The van der Waals surface area contributed by atoms with E-state index >= 15 is 0 Å². The molecule has 2 N–H and O–H groups in total. The zero-order chi connectivity index (χ0) is 25.2. The monoisotopic (exact) mass is 503 g/mol. The number of ether oxygens (including phenoxy) is 2. The minimum absolute atomic E-state index is 0.0279. The Balaban J connectivity index is 1.42. The van der Waals surface area contributed by atoms with Crippen molar-refractivity contribution in [3.8, 4) is 11.5 Å². The van der Waals surface area contributed by atoms with Gasteiger partial charge >= 0.3 is 0 Å². The van der Waals surface area contributed by atoms with E-state index in [0.29, 0.717) is 27.4 Å². The predicted octanol–water partition coefficient (Wildman–Crippen LogP) is 4.37. The molecule has 0 fully saturated rings. The molecule has 8 nitrogen and oxygen atoms in total. The third kappa shape index (κ3) is 4.76. The molecule has 0 amide bonds. The second kappa shape index (κ2) is 9.98. The Hall–Kier alpha value is -3.92. The number of aromatic nitrogens is 2. The van der Waals surface area contributed by atoms with Gasteiger partial charge in [0.05, 0.1) is 21.3 Å². The fourth-order valence-electron chi connectivity index (χ4n) is 4.08. The van der Waals surface area contributed by atoms with E-state index in [1.165, 1.54) is 29.0 Å². The molecule has 0 unspecified atom stereocenters. The highest BCUT2D eigenvalue weighted by atomic mass is 32.1. The molecule has 0 saturated heterocycles. The minimum atomic E-state index is -0.195. The third-order valence-electron chi connectivity index (χ3n) is 5.78. The summed E-state index contributed by atoms with van der Waals surface area (Å²) in [5, 5.41) is 19.0. The van der Waals surface area contributed by atoms with Crippen LogP contribution < -0.4 is 24.8 Å². The number of hydrogen-bond donors (Lipinski definition) is 2. The number of benzene rings is 3. The van der Waals surface area contributed by atoms with Crippen LogP contribution in [0.15, 0.2) is 65.5 Å². The predicted molar refractivity (Wildman–Crippen MR) is 140 cm³/mol. The molecule has 184 valence electrons. The van der Waals surface area contributed by atoms with Gasteiger partial charge in [-0.15, -0.1) is 5.23 Å². The Bertz CT molecular complexity index is 1660. The maximum Gasteiger partial charge on any atom is 0.274 e. The Labute approximate surface area is 210 Å². The maximum atomic E-state index is 13.2. The fraction of sp³-hybridized carbons (Fsp3) is 0.185. The van der Waals surface area contributed by atoms with Crippen molar-refractivity contribution in [1.82, 2.24) is 9.38 Å². The maximum absolute atomic E-state index is 13.2. The molecule has 0 radical (unpaired) electrons. The first-order valence-electron chi connectivity index (χ1n) is 11.5. The van der Waals surface area contributed by atoms with E-state index in [1.807, 2.05) is 43.3 Å². The normalized spacial score (nSPS) is 11.9. The molecule has 36 heavy (non-hydrogen) atoms. The molecule has 3 aromatic carbocycles. The quantitative estimate of drug-likeness (QED) is 0.240. The van der Waals surface area contributed by atoms with Gasteiger partial charge in [-0.1, -0.05) is 36.5 Å². The van der Waals surface area contributed by atoms with Gasteiger partial charge in [-0.2, -0.15) is 0 Å². The third-order valence-corrected chi connectivity index (χ3v) is 6.75. The van der Waals surface area contributed by atoms with Crippen molar-refractivity contribution in [2.24, 2.45) is 0 Å². The lowest BCUT2D eigenvalue weighted by molar-refractivity contribution is 0.0291. The van der Waals surface area contributed by atoms with E-state index in [0.717, 1.165) is 28.8 Å². The van der Waals surface area contributed by atoms with Crippen molar-refractivity contribution in [3.05, 3.63) is 92.2 Å². The van der Waals surface area contributed by atoms with Crippen molar-refractivity contribution in [2.45, 2.75) is 20.3 Å². The summed E-state index contributed by atoms with van der Waals surface area (Å²) in [6.45, 7) is 4.72. The summed E-state index contributed by atoms with van der Waals surface area (Å²) < 4.78 is 13.9. The fourth-order valence-corrected chi connectivity index (χ4v) is 5.06. The number of rotatable bonds is 8. The van der Waals surface area contributed by atoms with Crippen molar-refractivity contribution < 1.29 is 19.9 Å². The molecule has 0 aliphatic rings. The lowest BCUT2D eigenvalue weighted by atomic mass is 10.1. The highest BCUT2D eigenvalue weighted by molar-refractivity contribution is 7.15. The molecule has 0 bridgehead atoms. The number of aryl methyl sites for hydroxylation is 2. The summed E-state index contributed by atoms with van der Waals surface area (Å²) in [4.78, 5) is 18.3. The molecule has 0 atom stereocenters. The molecular formula is C27H25N3O5S. The van der Waals surface area contributed by atoms with Gasteiger partial charge < -0.3 is 9.47 Å². The molecule has 2 aromatic heterocycles. The largest absolute Gasteiger partial charge is 0.490 e. The highest BCUT2D eigenvalue weighted by Crippen LogP contribution is 2.26. The van der Waals surface area contributed by atoms with Crippen LogP contribution in [0.2, 0.25) is 0 Å². The molecule has 0 aliphatic carbocycles. The van der Waals surface area contributed by atoms with Crippen LogP contribution in [-0.4, -0.2) is 33.0 Å². The summed E-state index contributed by atoms with van der Waals surface area (Å²) in [5.74, 6) is 1.27. The first kappa shape index (κ1) is 23.8. The Morgan fingerprint density at radius 3 is 2.67 bits per heavy atom. The van der Waals surface area contributed by atoms with E-state index in [4.69, 9.17) is 9.47 Å². The van der Waals surface area contributed by atoms with Crippen LogP contribution in [-0.2, 0) is 6.42 Å². The van der Waals surface area contributed by atoms with Gasteiger partial charge in [0.2, 0.25) is 0 Å². The molecule has 9 heteroatoms. The van der Waals surface area contributed by atoms with Crippen LogP contribution in [0, 0.1) is 6.92 Å². The van der Waals surface area contributed by atoms with Gasteiger partial charge in [0.15, 0.2) is 4.96 Å². The zero-order valence-corrected chi connectivity index (χ0v) is 20.7. The van der Waals surface area contributed by atoms with Crippen LogP contribution in [0.3, 0.4) is 0 Å². The van der Waals surface area contributed by atoms with Crippen LogP contribution in [0.4, 0.5) is 5.69 Å². The molecule has 2 heterocycles. The minimum Gasteiger partial charge on any atom is -0.490 e. The lowest BCUT2D eigenvalue weighted by Crippen LogP contribution is -2.23. The Morgan fingerprint density at radius 1 is 1.06 bits per heavy atom. The Morgan fingerprint density at radius 2 is 1.86 bits per heavy atom. The van der Waals surface area contributed by atoms with Gasteiger partial charge in [0, 0.05) is 5.56 Å². The van der Waals surface area contributed by atoms with Crippen molar-refractivity contribution in [3.63, 3.8) is 0 Å². The van der Waals surface area contributed by atoms with E-state index in [-0.39, 0.29) is 23.1 Å². The van der Waals surface area contributed by atoms with E-state index in [9.17, 15) is 15.2 Å². The van der Waals surface area contributed by atoms with Crippen molar-refractivity contribution in [1.29, 1.82) is 0 Å². The standard InChI is InChI=1S/C27H25N3O5S/c1-3-18-12-17(2)13-21(14-18)34-10-11-35-24-9-8-20(30(32)33)15-19(24)16-25-26(31)29-23-7-5-4-6-22(23)28-27(29)36-25/h4-9,12-16,32-33H,3,10-11H2,1-2H3. The second-order valence-corrected chi connectivity index (χ2v) is 9.36. The number of fused-ring (bicyclic) bond motifs is 3. The topological polar surface area (TPSA) is 96.5 Å². The summed E-state index contributed by atoms with van der Waals surface area (Å²) in [7, 11) is 0. The van der Waals surface area contributed by atoms with Gasteiger partial charge in [-0.25, -0.2) is 9.38 Å². The average Bonchev–Trinajstić information content (AvgIpc) is 3.37. The first-order valence-corrected chi connectivity index (χ1v) is 12.3. The number of nitrogens with zero attached hydrogens (tertiary/aromatic N) is 3. The first-order chi connectivity index (χ1) is 17.4. The van der Waals surface area contributed by atoms with Gasteiger partial charge in [0.25, 0.3) is 5.56 Å². The summed E-state index contributed by atoms with van der Waals surface area (Å²) in [6, 6.07) is 18.3. The summed E-state index contributed by atoms with van der Waals surface area (Å²) >= 11 is 1.26. The highest BCUT2D eigenvalue weighted by Gasteiger charge is 2.13. The summed E-state index contributed by atoms with van der Waals surface area (Å²) in [5.41, 5.74) is 4.31. The molecular weight excluding hydrogens is 478 g/mol. The Kier molecular flexibility index (Phi) is 6.60. The number of imidazole rings is 1. The van der Waals surface area contributed by atoms with Crippen molar-refractivity contribution in [2.75, 3.05) is 18.4 Å². The average molecular weight is 504 g/mol. The smallest absolute Gasteiger partial charge is 0.274 e. The lowest BCUT2D eigenvalue weighted by Gasteiger charge is -2.14. The number of para-hydroxylation sites is 2. The second-order valence-electron chi connectivity index (χ2n) is 8.35. The van der Waals surface area contributed by atoms with Gasteiger partial charge in [0.1, 0.15) is 24.7 Å². The molecule has 0 spiro atoms. The van der Waals surface area contributed by atoms with Crippen LogP contribution in [0.25, 0.3) is 22.1 Å². The molecule has 0 saturated carbocycles. The SMILES string of the molecule is CCc1cc(C)cc(OCCOc2ccc(N(O)O)cc2C=c2sc3nc4ccccc4n3c2=O)c1. The van der Waals surface area contributed by atoms with E-state index < -0.39 is 0 Å². The molecule has 0 aliphatic heterocycles. The van der Waals surface area contributed by atoms with E-state index in [1.54, 1.807) is 16.5 Å².